The van der Waals surface area contributed by atoms with Crippen LogP contribution in [-0.2, 0) is 9.53 Å². The Morgan fingerprint density at radius 3 is 2.83 bits per heavy atom. The maximum atomic E-state index is 10.3. The summed E-state index contributed by atoms with van der Waals surface area (Å²) in [6.07, 6.45) is 2.09. The molecule has 4 heteroatoms. The number of methoxy groups -OCH3 is 1. The monoisotopic (exact) mass is 167 g/mol. The Morgan fingerprint density at radius 2 is 2.33 bits per heavy atom. The van der Waals surface area contributed by atoms with E-state index < -0.39 is 6.10 Å². The van der Waals surface area contributed by atoms with E-state index in [2.05, 4.69) is 0 Å². The number of ether oxygens (including phenoxy) is 1. The van der Waals surface area contributed by atoms with Gasteiger partial charge in [0.25, 0.3) is 0 Å². The average Bonchev–Trinajstić information content (AvgIpc) is 2.09. The van der Waals surface area contributed by atoms with Crippen LogP contribution in [0.3, 0.4) is 0 Å². The molecule has 1 rings (SSSR count). The van der Waals surface area contributed by atoms with Gasteiger partial charge in [0, 0.05) is 7.11 Å². The summed E-state index contributed by atoms with van der Waals surface area (Å²) in [5.41, 5.74) is 5.88. The van der Waals surface area contributed by atoms with Crippen molar-refractivity contribution in [3.63, 3.8) is 0 Å². The molecule has 4 nitrogen and oxygen atoms in total. The van der Waals surface area contributed by atoms with Crippen LogP contribution in [0, 0.1) is 0 Å². The van der Waals surface area contributed by atoms with Crippen LogP contribution in [0.5, 0.6) is 0 Å². The lowest BCUT2D eigenvalue weighted by molar-refractivity contribution is 0.156. The minimum Gasteiger partial charge on any atom is -0.506 e. The summed E-state index contributed by atoms with van der Waals surface area (Å²) >= 11 is 0. The maximum absolute atomic E-state index is 10.3. The molecule has 0 radical (unpaired) electrons. The zero-order valence-corrected chi connectivity index (χ0v) is 6.57. The molecule has 1 aliphatic rings. The zero-order valence-electron chi connectivity index (χ0n) is 6.57. The van der Waals surface area contributed by atoms with Gasteiger partial charge in [-0.1, -0.05) is 0 Å². The maximum Gasteiger partial charge on any atom is 0.137 e. The number of carbonyl (C=O) groups excluding carboxylic acids is 1. The van der Waals surface area contributed by atoms with Crippen LogP contribution >= 0.6 is 0 Å². The Labute approximate surface area is 69.6 Å². The number of allylic oxidation sites excluding steroid dienone is 1. The molecule has 0 bridgehead atoms. The van der Waals surface area contributed by atoms with Gasteiger partial charge in [-0.15, -0.1) is 0 Å². The fourth-order valence-electron chi connectivity index (χ4n) is 0.996. The molecular weight excluding hydrogens is 158 g/mol. The van der Waals surface area contributed by atoms with Crippen molar-refractivity contribution in [3.8, 4) is 0 Å². The summed E-state index contributed by atoms with van der Waals surface area (Å²) in [4.78, 5) is 10.3. The van der Waals surface area contributed by atoms with Crippen LogP contribution in [0.4, 0.5) is 0 Å². The molecule has 0 aromatic heterocycles. The van der Waals surface area contributed by atoms with E-state index in [-0.39, 0.29) is 17.0 Å². The SMILES string of the molecule is COC1C(=C=O)C=CC(O)=C1N. The number of aliphatic hydroxyl groups is 1. The predicted molar refractivity (Wildman–Crippen MR) is 43.0 cm³/mol. The molecule has 0 saturated carbocycles. The molecule has 0 spiro atoms. The highest BCUT2D eigenvalue weighted by Crippen LogP contribution is 2.19. The average molecular weight is 167 g/mol. The van der Waals surface area contributed by atoms with E-state index in [4.69, 9.17) is 15.6 Å². The van der Waals surface area contributed by atoms with Crippen LogP contribution in [0.2, 0.25) is 0 Å². The van der Waals surface area contributed by atoms with Gasteiger partial charge in [-0.25, -0.2) is 4.79 Å². The van der Waals surface area contributed by atoms with Gasteiger partial charge in [0.1, 0.15) is 17.8 Å². The second-order valence-corrected chi connectivity index (χ2v) is 2.35. The molecule has 1 unspecified atom stereocenters. The molecule has 0 aliphatic heterocycles. The first-order chi connectivity index (χ1) is 5.70. The van der Waals surface area contributed by atoms with Crippen LogP contribution in [0.25, 0.3) is 0 Å². The number of nitrogens with two attached hydrogens (primary N) is 1. The second-order valence-electron chi connectivity index (χ2n) is 2.35. The fraction of sp³-hybridized carbons (Fsp3) is 0.250. The quantitative estimate of drug-likeness (QED) is 0.541. The molecular formula is C8H9NO3. The van der Waals surface area contributed by atoms with E-state index in [9.17, 15) is 4.79 Å². The second kappa shape index (κ2) is 3.26. The first-order valence-electron chi connectivity index (χ1n) is 3.35. The van der Waals surface area contributed by atoms with Gasteiger partial charge in [-0.2, -0.15) is 0 Å². The van der Waals surface area contributed by atoms with Crippen molar-refractivity contribution in [1.82, 2.24) is 0 Å². The number of hydrogen-bond acceptors (Lipinski definition) is 4. The molecule has 0 saturated heterocycles. The van der Waals surface area contributed by atoms with Crippen LogP contribution in [0.1, 0.15) is 0 Å². The number of aliphatic hydroxyl groups excluding tert-OH is 1. The van der Waals surface area contributed by atoms with Crippen molar-refractivity contribution in [2.75, 3.05) is 7.11 Å². The Hall–Kier alpha value is -1.51. The van der Waals surface area contributed by atoms with Crippen molar-refractivity contribution in [2.45, 2.75) is 6.10 Å². The largest absolute Gasteiger partial charge is 0.506 e. The molecule has 1 atom stereocenters. The van der Waals surface area contributed by atoms with Crippen LogP contribution < -0.4 is 5.73 Å². The zero-order chi connectivity index (χ0) is 9.14. The highest BCUT2D eigenvalue weighted by Gasteiger charge is 2.21. The van der Waals surface area contributed by atoms with Crippen molar-refractivity contribution < 1.29 is 14.6 Å². The fourth-order valence-corrected chi connectivity index (χ4v) is 0.996. The minimum atomic E-state index is -0.674. The molecule has 0 aromatic rings. The topological polar surface area (TPSA) is 72.5 Å². The van der Waals surface area contributed by atoms with E-state index >= 15 is 0 Å². The Kier molecular flexibility index (Phi) is 2.33. The van der Waals surface area contributed by atoms with Crippen molar-refractivity contribution in [3.05, 3.63) is 29.2 Å². The third-order valence-corrected chi connectivity index (χ3v) is 1.64. The van der Waals surface area contributed by atoms with Crippen LogP contribution in [0.15, 0.2) is 29.2 Å². The Morgan fingerprint density at radius 1 is 1.67 bits per heavy atom. The summed E-state index contributed by atoms with van der Waals surface area (Å²) in [7, 11) is 1.40. The van der Waals surface area contributed by atoms with Gasteiger partial charge < -0.3 is 15.6 Å². The third kappa shape index (κ3) is 1.25. The molecule has 0 heterocycles. The first-order valence-corrected chi connectivity index (χ1v) is 3.35. The smallest absolute Gasteiger partial charge is 0.137 e. The Balaban J connectivity index is 3.09. The van der Waals surface area contributed by atoms with Gasteiger partial charge >= 0.3 is 0 Å². The Bertz CT molecular complexity index is 297. The van der Waals surface area contributed by atoms with E-state index in [1.54, 1.807) is 5.94 Å². The van der Waals surface area contributed by atoms with Gasteiger partial charge in [0.2, 0.25) is 0 Å². The van der Waals surface area contributed by atoms with Crippen molar-refractivity contribution >= 4 is 5.94 Å². The molecule has 0 aromatic carbocycles. The minimum absolute atomic E-state index is 0.0687. The molecule has 1 aliphatic carbocycles. The number of rotatable bonds is 1. The summed E-state index contributed by atoms with van der Waals surface area (Å²) in [6.45, 7) is 0. The normalized spacial score (nSPS) is 22.8. The van der Waals surface area contributed by atoms with E-state index in [0.717, 1.165) is 0 Å². The van der Waals surface area contributed by atoms with Gasteiger partial charge in [0.05, 0.1) is 11.3 Å². The van der Waals surface area contributed by atoms with Gasteiger partial charge in [0.15, 0.2) is 0 Å². The predicted octanol–water partition coefficient (Wildman–Crippen LogP) is 0.0575. The number of hydrogen-bond donors (Lipinski definition) is 2. The molecule has 64 valence electrons. The standard InChI is InChI=1S/C8H9NO3/c1-12-8-5(4-10)2-3-6(11)7(8)9/h2-3,8,11H,9H2,1H3. The molecule has 12 heavy (non-hydrogen) atoms. The van der Waals surface area contributed by atoms with E-state index in [1.165, 1.54) is 19.3 Å². The summed E-state index contributed by atoms with van der Waals surface area (Å²) < 4.78 is 4.88. The highest BCUT2D eigenvalue weighted by atomic mass is 16.5. The third-order valence-electron chi connectivity index (χ3n) is 1.64. The summed E-state index contributed by atoms with van der Waals surface area (Å²) in [5.74, 6) is 1.62. The lowest BCUT2D eigenvalue weighted by atomic mass is 10.0. The summed E-state index contributed by atoms with van der Waals surface area (Å²) in [5, 5.41) is 9.14. The van der Waals surface area contributed by atoms with E-state index in [0.29, 0.717) is 0 Å². The van der Waals surface area contributed by atoms with E-state index in [1.807, 2.05) is 0 Å². The lowest BCUT2D eigenvalue weighted by Gasteiger charge is -2.18. The summed E-state index contributed by atoms with van der Waals surface area (Å²) in [6, 6.07) is 0. The van der Waals surface area contributed by atoms with Crippen LogP contribution in [-0.4, -0.2) is 24.3 Å². The molecule has 0 fully saturated rings. The molecule has 0 amide bonds. The van der Waals surface area contributed by atoms with Crippen molar-refractivity contribution in [2.24, 2.45) is 5.73 Å². The van der Waals surface area contributed by atoms with Gasteiger partial charge in [-0.05, 0) is 12.2 Å². The first kappa shape index (κ1) is 8.59. The lowest BCUT2D eigenvalue weighted by Crippen LogP contribution is -2.25. The van der Waals surface area contributed by atoms with Crippen molar-refractivity contribution in [1.29, 1.82) is 0 Å². The van der Waals surface area contributed by atoms with Gasteiger partial charge in [-0.3, -0.25) is 0 Å². The highest BCUT2D eigenvalue weighted by molar-refractivity contribution is 5.63. The molecule has 3 N–H and O–H groups in total.